The number of halogens is 2. The zero-order valence-corrected chi connectivity index (χ0v) is 14.8. The van der Waals surface area contributed by atoms with Crippen molar-refractivity contribution in [2.75, 3.05) is 11.9 Å². The highest BCUT2D eigenvalue weighted by atomic mass is 79.9. The normalized spacial score (nSPS) is 11.0. The molecule has 0 spiro atoms. The Kier molecular flexibility index (Phi) is 5.59. The highest BCUT2D eigenvalue weighted by Gasteiger charge is 2.14. The van der Waals surface area contributed by atoms with Gasteiger partial charge in [0.15, 0.2) is 0 Å². The average Bonchev–Trinajstić information content (AvgIpc) is 2.42. The Hall–Kier alpha value is -1.13. The quantitative estimate of drug-likeness (QED) is 0.803. The van der Waals surface area contributed by atoms with Gasteiger partial charge < -0.3 is 5.32 Å². The second-order valence-corrected chi connectivity index (χ2v) is 6.41. The van der Waals surface area contributed by atoms with Gasteiger partial charge in [-0.15, -0.1) is 0 Å². The number of anilines is 1. The van der Waals surface area contributed by atoms with Gasteiger partial charge in [-0.1, -0.05) is 37.6 Å². The van der Waals surface area contributed by atoms with E-state index in [2.05, 4.69) is 47.0 Å². The number of aromatic nitrogens is 2. The number of nitrogens with zero attached hydrogens (tertiary/aromatic N) is 2. The second kappa shape index (κ2) is 7.23. The van der Waals surface area contributed by atoms with Gasteiger partial charge in [0.25, 0.3) is 0 Å². The van der Waals surface area contributed by atoms with Crippen LogP contribution >= 0.6 is 27.5 Å². The number of hydrogen-bond donors (Lipinski definition) is 1. The van der Waals surface area contributed by atoms with Crippen LogP contribution in [0.2, 0.25) is 5.02 Å². The lowest BCUT2D eigenvalue weighted by Crippen LogP contribution is -2.09. The van der Waals surface area contributed by atoms with E-state index in [1.54, 1.807) is 0 Å². The van der Waals surface area contributed by atoms with E-state index in [0.717, 1.165) is 38.9 Å². The van der Waals surface area contributed by atoms with Crippen molar-refractivity contribution in [1.82, 2.24) is 9.97 Å². The van der Waals surface area contributed by atoms with Gasteiger partial charge in [-0.25, -0.2) is 9.97 Å². The van der Waals surface area contributed by atoms with Crippen LogP contribution in [0, 0.1) is 0 Å². The summed E-state index contributed by atoms with van der Waals surface area (Å²) in [4.78, 5) is 9.32. The van der Waals surface area contributed by atoms with Crippen molar-refractivity contribution < 1.29 is 0 Å². The fourth-order valence-electron chi connectivity index (χ4n) is 2.09. The van der Waals surface area contributed by atoms with Crippen molar-refractivity contribution in [3.63, 3.8) is 0 Å². The molecule has 0 unspecified atom stereocenters. The number of hydrogen-bond acceptors (Lipinski definition) is 3. The average molecular weight is 369 g/mol. The zero-order chi connectivity index (χ0) is 15.4. The SMILES string of the molecule is CCNc1nc(Cc2cccc(Cl)c2)nc(C(C)C)c1Br. The van der Waals surface area contributed by atoms with Crippen molar-refractivity contribution in [1.29, 1.82) is 0 Å². The molecule has 1 N–H and O–H groups in total. The first kappa shape index (κ1) is 16.2. The van der Waals surface area contributed by atoms with Crippen LogP contribution in [0.15, 0.2) is 28.7 Å². The molecule has 2 aromatic rings. The number of nitrogens with one attached hydrogen (secondary N) is 1. The molecule has 3 nitrogen and oxygen atoms in total. The van der Waals surface area contributed by atoms with Gasteiger partial charge in [-0.2, -0.15) is 0 Å². The highest BCUT2D eigenvalue weighted by molar-refractivity contribution is 9.10. The molecule has 0 fully saturated rings. The van der Waals surface area contributed by atoms with Crippen LogP contribution in [0.5, 0.6) is 0 Å². The lowest BCUT2D eigenvalue weighted by atomic mass is 10.1. The van der Waals surface area contributed by atoms with E-state index in [9.17, 15) is 0 Å². The lowest BCUT2D eigenvalue weighted by molar-refractivity contribution is 0.784. The van der Waals surface area contributed by atoms with E-state index in [1.807, 2.05) is 24.3 Å². The molecule has 0 aliphatic rings. The molecule has 1 aromatic carbocycles. The Bertz CT molecular complexity index is 629. The van der Waals surface area contributed by atoms with Crippen molar-refractivity contribution in [2.45, 2.75) is 33.1 Å². The summed E-state index contributed by atoms with van der Waals surface area (Å²) < 4.78 is 0.953. The molecule has 0 radical (unpaired) electrons. The second-order valence-electron chi connectivity index (χ2n) is 5.18. The minimum absolute atomic E-state index is 0.331. The van der Waals surface area contributed by atoms with E-state index in [0.29, 0.717) is 12.3 Å². The first-order chi connectivity index (χ1) is 10.0. The van der Waals surface area contributed by atoms with E-state index >= 15 is 0 Å². The third-order valence-corrected chi connectivity index (χ3v) is 4.08. The van der Waals surface area contributed by atoms with Gasteiger partial charge in [0.2, 0.25) is 0 Å². The molecular formula is C16H19BrClN3. The molecule has 1 aromatic heterocycles. The lowest BCUT2D eigenvalue weighted by Gasteiger charge is -2.14. The van der Waals surface area contributed by atoms with Gasteiger partial charge in [-0.3, -0.25) is 0 Å². The van der Waals surface area contributed by atoms with Gasteiger partial charge in [0.05, 0.1) is 10.2 Å². The maximum absolute atomic E-state index is 6.04. The van der Waals surface area contributed by atoms with Gasteiger partial charge in [0.1, 0.15) is 11.6 Å². The van der Waals surface area contributed by atoms with E-state index in [-0.39, 0.29) is 0 Å². The molecule has 0 aliphatic heterocycles. The molecule has 2 rings (SSSR count). The Balaban J connectivity index is 2.39. The third-order valence-electron chi connectivity index (χ3n) is 3.07. The first-order valence-electron chi connectivity index (χ1n) is 7.05. The van der Waals surface area contributed by atoms with Crippen LogP contribution < -0.4 is 5.32 Å². The van der Waals surface area contributed by atoms with Crippen LogP contribution in [-0.2, 0) is 6.42 Å². The molecule has 0 amide bonds. The summed E-state index contributed by atoms with van der Waals surface area (Å²) >= 11 is 9.64. The monoisotopic (exact) mass is 367 g/mol. The largest absolute Gasteiger partial charge is 0.369 e. The molecule has 0 atom stereocenters. The zero-order valence-electron chi connectivity index (χ0n) is 12.5. The molecule has 21 heavy (non-hydrogen) atoms. The Morgan fingerprint density at radius 3 is 2.67 bits per heavy atom. The molecule has 0 bridgehead atoms. The summed E-state index contributed by atoms with van der Waals surface area (Å²) in [5, 5.41) is 4.02. The summed E-state index contributed by atoms with van der Waals surface area (Å²) in [6, 6.07) is 7.82. The maximum atomic E-state index is 6.04. The summed E-state index contributed by atoms with van der Waals surface area (Å²) in [6.07, 6.45) is 0.673. The summed E-state index contributed by atoms with van der Waals surface area (Å²) in [5.74, 6) is 1.99. The van der Waals surface area contributed by atoms with E-state index in [4.69, 9.17) is 16.6 Å². The van der Waals surface area contributed by atoms with Crippen molar-refractivity contribution in [2.24, 2.45) is 0 Å². The Labute approximate surface area is 139 Å². The molecule has 5 heteroatoms. The maximum Gasteiger partial charge on any atom is 0.144 e. The molecule has 0 saturated carbocycles. The predicted octanol–water partition coefficient (Wildman–Crippen LogP) is 5.04. The van der Waals surface area contributed by atoms with Crippen molar-refractivity contribution >= 4 is 33.3 Å². The van der Waals surface area contributed by atoms with Crippen LogP contribution in [-0.4, -0.2) is 16.5 Å². The van der Waals surface area contributed by atoms with E-state index in [1.165, 1.54) is 0 Å². The van der Waals surface area contributed by atoms with E-state index < -0.39 is 0 Å². The van der Waals surface area contributed by atoms with Gasteiger partial charge in [0, 0.05) is 18.0 Å². The summed E-state index contributed by atoms with van der Waals surface area (Å²) in [6.45, 7) is 7.14. The Morgan fingerprint density at radius 1 is 1.29 bits per heavy atom. The topological polar surface area (TPSA) is 37.8 Å². The van der Waals surface area contributed by atoms with Crippen LogP contribution in [0.3, 0.4) is 0 Å². The standard InChI is InChI=1S/C16H19BrClN3/c1-4-19-16-14(17)15(10(2)3)20-13(21-16)9-11-6-5-7-12(18)8-11/h5-8,10H,4,9H2,1-3H3,(H,19,20,21). The highest BCUT2D eigenvalue weighted by Crippen LogP contribution is 2.29. The molecule has 1 heterocycles. The number of benzene rings is 1. The van der Waals surface area contributed by atoms with Crippen LogP contribution in [0.1, 0.15) is 43.8 Å². The van der Waals surface area contributed by atoms with Crippen LogP contribution in [0.4, 0.5) is 5.82 Å². The van der Waals surface area contributed by atoms with Gasteiger partial charge >= 0.3 is 0 Å². The smallest absolute Gasteiger partial charge is 0.144 e. The molecular weight excluding hydrogens is 350 g/mol. The first-order valence-corrected chi connectivity index (χ1v) is 8.23. The Morgan fingerprint density at radius 2 is 2.05 bits per heavy atom. The molecule has 0 saturated heterocycles. The third kappa shape index (κ3) is 4.17. The minimum atomic E-state index is 0.331. The fraction of sp³-hybridized carbons (Fsp3) is 0.375. The molecule has 0 aliphatic carbocycles. The van der Waals surface area contributed by atoms with Gasteiger partial charge in [-0.05, 0) is 46.5 Å². The molecule has 112 valence electrons. The summed E-state index contributed by atoms with van der Waals surface area (Å²) in [7, 11) is 0. The van der Waals surface area contributed by atoms with Crippen molar-refractivity contribution in [3.8, 4) is 0 Å². The number of rotatable bonds is 5. The van der Waals surface area contributed by atoms with Crippen molar-refractivity contribution in [3.05, 3.63) is 50.8 Å². The fourth-order valence-corrected chi connectivity index (χ4v) is 3.08. The minimum Gasteiger partial charge on any atom is -0.369 e. The predicted molar refractivity (Wildman–Crippen MR) is 92.2 cm³/mol. The summed E-state index contributed by atoms with van der Waals surface area (Å²) in [5.41, 5.74) is 2.14. The van der Waals surface area contributed by atoms with Crippen LogP contribution in [0.25, 0.3) is 0 Å².